The highest BCUT2D eigenvalue weighted by Crippen LogP contribution is 2.14. The number of hydrogen-bond acceptors (Lipinski definition) is 3. The Morgan fingerprint density at radius 2 is 1.53 bits per heavy atom. The molecule has 3 heteroatoms. The Kier molecular flexibility index (Phi) is 12.7. The van der Waals surface area contributed by atoms with Crippen molar-refractivity contribution in [2.45, 2.75) is 96.3 Å². The van der Waals surface area contributed by atoms with Crippen LogP contribution in [0.3, 0.4) is 0 Å². The van der Waals surface area contributed by atoms with Gasteiger partial charge in [0.05, 0.1) is 5.25 Å². The Bertz CT molecular complexity index is 217. The number of ether oxygens (including phenoxy) is 1. The van der Waals surface area contributed by atoms with Crippen molar-refractivity contribution in [1.29, 1.82) is 0 Å². The Labute approximate surface area is 125 Å². The van der Waals surface area contributed by atoms with E-state index >= 15 is 0 Å². The van der Waals surface area contributed by atoms with Crippen LogP contribution in [0.1, 0.15) is 85.0 Å². The molecule has 2 nitrogen and oxygen atoms in total. The third kappa shape index (κ3) is 11.4. The minimum Gasteiger partial charge on any atom is -0.462 e. The van der Waals surface area contributed by atoms with Crippen molar-refractivity contribution in [2.75, 3.05) is 0 Å². The highest BCUT2D eigenvalue weighted by atomic mass is 32.1. The molecule has 0 heterocycles. The highest BCUT2D eigenvalue weighted by Gasteiger charge is 2.15. The molecule has 0 radical (unpaired) electrons. The lowest BCUT2D eigenvalue weighted by atomic mass is 10.0. The molecule has 0 bridgehead atoms. The van der Waals surface area contributed by atoms with E-state index in [0.717, 1.165) is 12.8 Å². The monoisotopic (exact) mass is 288 g/mol. The van der Waals surface area contributed by atoms with Gasteiger partial charge in [-0.05, 0) is 26.2 Å². The van der Waals surface area contributed by atoms with Gasteiger partial charge in [0.1, 0.15) is 6.10 Å². The molecule has 0 aliphatic carbocycles. The standard InChI is InChI=1S/C16H32O2S/c1-4-6-7-8-9-10-11-12-13-15(5-2)18-16(17)14(3)19/h14-15,19H,4-13H2,1-3H3. The van der Waals surface area contributed by atoms with Crippen LogP contribution in [0.5, 0.6) is 0 Å². The van der Waals surface area contributed by atoms with Gasteiger partial charge in [-0.25, -0.2) is 0 Å². The number of unbranched alkanes of at least 4 members (excludes halogenated alkanes) is 7. The van der Waals surface area contributed by atoms with Gasteiger partial charge in [-0.15, -0.1) is 0 Å². The number of esters is 1. The molecule has 114 valence electrons. The van der Waals surface area contributed by atoms with Crippen LogP contribution in [-0.4, -0.2) is 17.3 Å². The largest absolute Gasteiger partial charge is 0.462 e. The Balaban J connectivity index is 3.48. The van der Waals surface area contributed by atoms with Gasteiger partial charge in [0, 0.05) is 0 Å². The number of carbonyl (C=O) groups excluding carboxylic acids is 1. The maximum Gasteiger partial charge on any atom is 0.318 e. The molecule has 0 aromatic heterocycles. The summed E-state index contributed by atoms with van der Waals surface area (Å²) in [5, 5.41) is -0.312. The van der Waals surface area contributed by atoms with E-state index in [4.69, 9.17) is 4.74 Å². The van der Waals surface area contributed by atoms with Gasteiger partial charge in [-0.2, -0.15) is 12.6 Å². The van der Waals surface area contributed by atoms with E-state index in [0.29, 0.717) is 0 Å². The second kappa shape index (κ2) is 12.8. The van der Waals surface area contributed by atoms with Crippen LogP contribution < -0.4 is 0 Å². The molecule has 0 spiro atoms. The van der Waals surface area contributed by atoms with Gasteiger partial charge in [0.15, 0.2) is 0 Å². The Hall–Kier alpha value is -0.180. The average molecular weight is 288 g/mol. The second-order valence-electron chi connectivity index (χ2n) is 5.41. The van der Waals surface area contributed by atoms with E-state index in [-0.39, 0.29) is 17.3 Å². The Morgan fingerprint density at radius 1 is 1.00 bits per heavy atom. The van der Waals surface area contributed by atoms with Crippen molar-refractivity contribution in [3.63, 3.8) is 0 Å². The molecule has 0 aromatic carbocycles. The summed E-state index contributed by atoms with van der Waals surface area (Å²) in [7, 11) is 0. The molecule has 0 saturated heterocycles. The molecule has 0 N–H and O–H groups in total. The van der Waals surface area contributed by atoms with Crippen molar-refractivity contribution >= 4 is 18.6 Å². The maximum atomic E-state index is 11.4. The topological polar surface area (TPSA) is 26.3 Å². The summed E-state index contributed by atoms with van der Waals surface area (Å²) in [6.07, 6.45) is 12.5. The molecule has 0 fully saturated rings. The van der Waals surface area contributed by atoms with Gasteiger partial charge >= 0.3 is 5.97 Å². The lowest BCUT2D eigenvalue weighted by Gasteiger charge is -2.17. The quantitative estimate of drug-likeness (QED) is 0.305. The van der Waals surface area contributed by atoms with Crippen LogP contribution >= 0.6 is 12.6 Å². The fourth-order valence-electron chi connectivity index (χ4n) is 2.12. The van der Waals surface area contributed by atoms with Crippen LogP contribution in [0, 0.1) is 0 Å². The lowest BCUT2D eigenvalue weighted by Crippen LogP contribution is -2.22. The minimum absolute atomic E-state index is 0.0854. The van der Waals surface area contributed by atoms with Gasteiger partial charge in [0.25, 0.3) is 0 Å². The molecule has 0 amide bonds. The third-order valence-corrected chi connectivity index (χ3v) is 3.67. The van der Waals surface area contributed by atoms with Crippen molar-refractivity contribution < 1.29 is 9.53 Å². The fourth-order valence-corrected chi connectivity index (χ4v) is 2.18. The molecule has 0 aliphatic heterocycles. The first-order valence-electron chi connectivity index (χ1n) is 8.00. The summed E-state index contributed by atoms with van der Waals surface area (Å²) in [6, 6.07) is 0. The van der Waals surface area contributed by atoms with E-state index in [9.17, 15) is 4.79 Å². The van der Waals surface area contributed by atoms with E-state index in [1.807, 2.05) is 0 Å². The summed E-state index contributed by atoms with van der Waals surface area (Å²) >= 11 is 4.10. The average Bonchev–Trinajstić information content (AvgIpc) is 2.39. The van der Waals surface area contributed by atoms with Crippen LogP contribution in [0.2, 0.25) is 0 Å². The predicted octanol–water partition coefficient (Wildman–Crippen LogP) is 5.16. The number of carbonyl (C=O) groups is 1. The first-order chi connectivity index (χ1) is 9.11. The number of hydrogen-bond donors (Lipinski definition) is 1. The zero-order chi connectivity index (χ0) is 14.5. The summed E-state index contributed by atoms with van der Waals surface area (Å²) < 4.78 is 5.41. The molecule has 19 heavy (non-hydrogen) atoms. The van der Waals surface area contributed by atoms with Gasteiger partial charge in [-0.3, -0.25) is 4.79 Å². The van der Waals surface area contributed by atoms with Crippen LogP contribution in [0.15, 0.2) is 0 Å². The predicted molar refractivity (Wildman–Crippen MR) is 85.8 cm³/mol. The van der Waals surface area contributed by atoms with E-state index in [2.05, 4.69) is 26.5 Å². The maximum absolute atomic E-state index is 11.4. The minimum atomic E-state index is -0.312. The van der Waals surface area contributed by atoms with Crippen LogP contribution in [0.4, 0.5) is 0 Å². The van der Waals surface area contributed by atoms with E-state index < -0.39 is 0 Å². The molecule has 0 aromatic rings. The van der Waals surface area contributed by atoms with Gasteiger partial charge in [-0.1, -0.05) is 58.8 Å². The van der Waals surface area contributed by atoms with Crippen molar-refractivity contribution in [2.24, 2.45) is 0 Å². The van der Waals surface area contributed by atoms with Crippen molar-refractivity contribution in [3.8, 4) is 0 Å². The summed E-state index contributed by atoms with van der Waals surface area (Å²) in [6.45, 7) is 6.08. The summed E-state index contributed by atoms with van der Waals surface area (Å²) in [5.74, 6) is -0.185. The molecule has 2 unspecified atom stereocenters. The zero-order valence-corrected chi connectivity index (χ0v) is 13.9. The van der Waals surface area contributed by atoms with Crippen molar-refractivity contribution in [3.05, 3.63) is 0 Å². The molecule has 0 rings (SSSR count). The van der Waals surface area contributed by atoms with Crippen molar-refractivity contribution in [1.82, 2.24) is 0 Å². The molecular formula is C16H32O2S. The molecular weight excluding hydrogens is 256 g/mol. The molecule has 0 aliphatic rings. The third-order valence-electron chi connectivity index (χ3n) is 3.46. The van der Waals surface area contributed by atoms with E-state index in [1.165, 1.54) is 51.4 Å². The summed E-state index contributed by atoms with van der Waals surface area (Å²) in [5.41, 5.74) is 0. The van der Waals surface area contributed by atoms with Crippen LogP contribution in [-0.2, 0) is 9.53 Å². The lowest BCUT2D eigenvalue weighted by molar-refractivity contribution is -0.148. The number of rotatable bonds is 12. The molecule has 2 atom stereocenters. The second-order valence-corrected chi connectivity index (χ2v) is 6.18. The smallest absolute Gasteiger partial charge is 0.318 e. The Morgan fingerprint density at radius 3 is 2.00 bits per heavy atom. The normalized spacial score (nSPS) is 14.1. The summed E-state index contributed by atoms with van der Waals surface area (Å²) in [4.78, 5) is 11.4. The SMILES string of the molecule is CCCCCCCCCCC(CC)OC(=O)C(C)S. The first-order valence-corrected chi connectivity index (χ1v) is 8.52. The molecule has 0 saturated carbocycles. The highest BCUT2D eigenvalue weighted by molar-refractivity contribution is 7.81. The van der Waals surface area contributed by atoms with Gasteiger partial charge in [0.2, 0.25) is 0 Å². The first kappa shape index (κ1) is 18.8. The number of thiol groups is 1. The fraction of sp³-hybridized carbons (Fsp3) is 0.938. The van der Waals surface area contributed by atoms with E-state index in [1.54, 1.807) is 6.92 Å². The van der Waals surface area contributed by atoms with Gasteiger partial charge < -0.3 is 4.74 Å². The van der Waals surface area contributed by atoms with Crippen LogP contribution in [0.25, 0.3) is 0 Å². The zero-order valence-electron chi connectivity index (χ0n) is 13.0.